The number of hydrogen-bond acceptors (Lipinski definition) is 4. The van der Waals surface area contributed by atoms with E-state index in [-0.39, 0.29) is 5.78 Å². The predicted molar refractivity (Wildman–Crippen MR) is 104 cm³/mol. The van der Waals surface area contributed by atoms with Crippen molar-refractivity contribution in [1.29, 1.82) is 0 Å². The van der Waals surface area contributed by atoms with Crippen molar-refractivity contribution in [2.24, 2.45) is 0 Å². The zero-order valence-electron chi connectivity index (χ0n) is 13.9. The van der Waals surface area contributed by atoms with Crippen LogP contribution in [0.2, 0.25) is 5.02 Å². The number of aromatic nitrogens is 3. The number of aryl methyl sites for hydroxylation is 1. The highest BCUT2D eigenvalue weighted by atomic mass is 35.5. The third-order valence-electron chi connectivity index (χ3n) is 3.96. The van der Waals surface area contributed by atoms with Gasteiger partial charge in [0.05, 0.1) is 0 Å². The predicted octanol–water partition coefficient (Wildman–Crippen LogP) is 5.19. The molecule has 0 amide bonds. The average Bonchev–Trinajstić information content (AvgIpc) is 3.31. The Bertz CT molecular complexity index is 1100. The van der Waals surface area contributed by atoms with Crippen molar-refractivity contribution >= 4 is 28.7 Å². The van der Waals surface area contributed by atoms with E-state index in [2.05, 4.69) is 9.97 Å². The van der Waals surface area contributed by atoms with Crippen LogP contribution in [-0.2, 0) is 0 Å². The minimum atomic E-state index is -0.163. The number of imidazole rings is 1. The minimum absolute atomic E-state index is 0.163. The number of ketones is 1. The number of rotatable bonds is 4. The molecule has 0 N–H and O–H groups in total. The van der Waals surface area contributed by atoms with Gasteiger partial charge in [0.25, 0.3) is 0 Å². The number of carbonyl (C=O) groups is 1. The van der Waals surface area contributed by atoms with Gasteiger partial charge in [-0.1, -0.05) is 41.9 Å². The molecule has 0 bridgehead atoms. The van der Waals surface area contributed by atoms with Crippen LogP contribution in [-0.4, -0.2) is 20.3 Å². The molecule has 128 valence electrons. The Morgan fingerprint density at radius 2 is 1.96 bits per heavy atom. The van der Waals surface area contributed by atoms with Crippen LogP contribution in [0, 0.1) is 6.92 Å². The van der Waals surface area contributed by atoms with Crippen LogP contribution >= 0.6 is 22.9 Å². The summed E-state index contributed by atoms with van der Waals surface area (Å²) < 4.78 is 1.83. The standard InChI is InChI=1S/C20H14ClN3OS/c1-13-10-22-20(26-13)19(25)18-11-24(12-23-18)15-6-4-5-14(9-15)16-7-2-3-8-17(16)21/h2-12H,1H3. The molecule has 0 fully saturated rings. The van der Waals surface area contributed by atoms with Gasteiger partial charge in [-0.05, 0) is 30.7 Å². The number of hydrogen-bond donors (Lipinski definition) is 0. The fraction of sp³-hybridized carbons (Fsp3) is 0.0500. The summed E-state index contributed by atoms with van der Waals surface area (Å²) in [5, 5.41) is 1.16. The number of halogens is 1. The van der Waals surface area contributed by atoms with Crippen molar-refractivity contribution < 1.29 is 4.79 Å². The second-order valence-electron chi connectivity index (χ2n) is 5.80. The molecular weight excluding hydrogens is 366 g/mol. The quantitative estimate of drug-likeness (QED) is 0.458. The largest absolute Gasteiger partial charge is 0.306 e. The molecule has 2 aromatic carbocycles. The Balaban J connectivity index is 1.67. The number of thiazole rings is 1. The van der Waals surface area contributed by atoms with Crippen molar-refractivity contribution in [3.63, 3.8) is 0 Å². The summed E-state index contributed by atoms with van der Waals surface area (Å²) in [5.74, 6) is -0.163. The van der Waals surface area contributed by atoms with Gasteiger partial charge < -0.3 is 4.57 Å². The van der Waals surface area contributed by atoms with E-state index in [4.69, 9.17) is 11.6 Å². The van der Waals surface area contributed by atoms with Crippen molar-refractivity contribution in [3.8, 4) is 16.8 Å². The van der Waals surface area contributed by atoms with E-state index in [1.807, 2.05) is 60.0 Å². The SMILES string of the molecule is Cc1cnc(C(=O)c2cn(-c3cccc(-c4ccccc4Cl)c3)cn2)s1. The highest BCUT2D eigenvalue weighted by Crippen LogP contribution is 2.29. The average molecular weight is 380 g/mol. The Kier molecular flexibility index (Phi) is 4.41. The van der Waals surface area contributed by atoms with Gasteiger partial charge in [0.1, 0.15) is 12.0 Å². The lowest BCUT2D eigenvalue weighted by molar-refractivity contribution is 0.103. The first kappa shape index (κ1) is 16.7. The molecule has 2 aromatic heterocycles. The molecule has 4 rings (SSSR count). The Morgan fingerprint density at radius 3 is 2.73 bits per heavy atom. The van der Waals surface area contributed by atoms with Crippen LogP contribution in [0.15, 0.2) is 67.3 Å². The van der Waals surface area contributed by atoms with E-state index in [0.717, 1.165) is 21.7 Å². The second kappa shape index (κ2) is 6.86. The van der Waals surface area contributed by atoms with Gasteiger partial charge in [-0.15, -0.1) is 11.3 Å². The molecule has 0 aliphatic rings. The number of nitrogens with zero attached hydrogens (tertiary/aromatic N) is 3. The maximum Gasteiger partial charge on any atom is 0.241 e. The Morgan fingerprint density at radius 1 is 1.12 bits per heavy atom. The van der Waals surface area contributed by atoms with E-state index >= 15 is 0 Å². The summed E-state index contributed by atoms with van der Waals surface area (Å²) in [6.07, 6.45) is 5.06. The topological polar surface area (TPSA) is 47.8 Å². The first-order chi connectivity index (χ1) is 12.6. The summed E-state index contributed by atoms with van der Waals surface area (Å²) in [6, 6.07) is 15.7. The monoisotopic (exact) mass is 379 g/mol. The summed E-state index contributed by atoms with van der Waals surface area (Å²) >= 11 is 7.68. The molecule has 4 aromatic rings. The Hall–Kier alpha value is -2.76. The third-order valence-corrected chi connectivity index (χ3v) is 5.20. The van der Waals surface area contributed by atoms with Gasteiger partial charge in [0.15, 0.2) is 5.01 Å². The van der Waals surface area contributed by atoms with Gasteiger partial charge in [0.2, 0.25) is 5.78 Å². The highest BCUT2D eigenvalue weighted by Gasteiger charge is 2.16. The first-order valence-electron chi connectivity index (χ1n) is 7.98. The van der Waals surface area contributed by atoms with Gasteiger partial charge in [-0.25, -0.2) is 9.97 Å². The van der Waals surface area contributed by atoms with Crippen LogP contribution in [0.25, 0.3) is 16.8 Å². The number of carbonyl (C=O) groups excluding carboxylic acids is 1. The molecule has 0 saturated carbocycles. The van der Waals surface area contributed by atoms with Crippen LogP contribution in [0.5, 0.6) is 0 Å². The molecule has 0 unspecified atom stereocenters. The molecule has 0 saturated heterocycles. The molecule has 4 nitrogen and oxygen atoms in total. The maximum absolute atomic E-state index is 12.5. The maximum atomic E-state index is 12.5. The first-order valence-corrected chi connectivity index (χ1v) is 9.18. The molecule has 0 spiro atoms. The van der Waals surface area contributed by atoms with E-state index < -0.39 is 0 Å². The molecule has 0 atom stereocenters. The second-order valence-corrected chi connectivity index (χ2v) is 7.44. The molecule has 2 heterocycles. The van der Waals surface area contributed by atoms with Crippen LogP contribution in [0.1, 0.15) is 20.4 Å². The smallest absolute Gasteiger partial charge is 0.241 e. The van der Waals surface area contributed by atoms with Gasteiger partial charge in [0, 0.05) is 33.5 Å². The normalized spacial score (nSPS) is 10.8. The fourth-order valence-corrected chi connectivity index (χ4v) is 3.64. The molecule has 26 heavy (non-hydrogen) atoms. The molecule has 0 aliphatic carbocycles. The molecular formula is C20H14ClN3OS. The van der Waals surface area contributed by atoms with E-state index in [1.54, 1.807) is 18.7 Å². The highest BCUT2D eigenvalue weighted by molar-refractivity contribution is 7.13. The van der Waals surface area contributed by atoms with Crippen molar-refractivity contribution in [3.05, 3.63) is 87.9 Å². The van der Waals surface area contributed by atoms with Gasteiger partial charge >= 0.3 is 0 Å². The summed E-state index contributed by atoms with van der Waals surface area (Å²) in [5.41, 5.74) is 3.25. The fourth-order valence-electron chi connectivity index (χ4n) is 2.68. The van der Waals surface area contributed by atoms with E-state index in [0.29, 0.717) is 15.7 Å². The summed E-state index contributed by atoms with van der Waals surface area (Å²) in [7, 11) is 0. The van der Waals surface area contributed by atoms with Crippen LogP contribution in [0.4, 0.5) is 0 Å². The van der Waals surface area contributed by atoms with Crippen molar-refractivity contribution in [2.45, 2.75) is 6.92 Å². The minimum Gasteiger partial charge on any atom is -0.306 e. The summed E-state index contributed by atoms with van der Waals surface area (Å²) in [4.78, 5) is 21.9. The zero-order chi connectivity index (χ0) is 18.1. The van der Waals surface area contributed by atoms with Crippen LogP contribution < -0.4 is 0 Å². The molecule has 6 heteroatoms. The van der Waals surface area contributed by atoms with Gasteiger partial charge in [-0.3, -0.25) is 4.79 Å². The van der Waals surface area contributed by atoms with Crippen molar-refractivity contribution in [1.82, 2.24) is 14.5 Å². The van der Waals surface area contributed by atoms with E-state index in [1.165, 1.54) is 11.3 Å². The Labute approximate surface area is 159 Å². The van der Waals surface area contributed by atoms with Crippen molar-refractivity contribution in [2.75, 3.05) is 0 Å². The molecule has 0 aliphatic heterocycles. The summed E-state index contributed by atoms with van der Waals surface area (Å²) in [6.45, 7) is 1.92. The third kappa shape index (κ3) is 3.19. The van der Waals surface area contributed by atoms with E-state index in [9.17, 15) is 4.79 Å². The zero-order valence-corrected chi connectivity index (χ0v) is 15.5. The van der Waals surface area contributed by atoms with Gasteiger partial charge in [-0.2, -0.15) is 0 Å². The lowest BCUT2D eigenvalue weighted by atomic mass is 10.1. The molecule has 0 radical (unpaired) electrons. The van der Waals surface area contributed by atoms with Crippen LogP contribution in [0.3, 0.4) is 0 Å². The lowest BCUT2D eigenvalue weighted by Crippen LogP contribution is -2.00. The lowest BCUT2D eigenvalue weighted by Gasteiger charge is -2.07. The number of benzene rings is 2.